The summed E-state index contributed by atoms with van der Waals surface area (Å²) in [5, 5.41) is 15.6. The molecule has 1 saturated carbocycles. The van der Waals surface area contributed by atoms with Gasteiger partial charge in [0.25, 0.3) is 5.91 Å². The van der Waals surface area contributed by atoms with Gasteiger partial charge in [-0.1, -0.05) is 23.7 Å². The van der Waals surface area contributed by atoms with E-state index in [-0.39, 0.29) is 28.2 Å². The van der Waals surface area contributed by atoms with Gasteiger partial charge in [-0.15, -0.1) is 0 Å². The summed E-state index contributed by atoms with van der Waals surface area (Å²) in [6.07, 6.45) is 1.31. The van der Waals surface area contributed by atoms with Crippen LogP contribution in [0, 0.1) is 11.7 Å². The van der Waals surface area contributed by atoms with Crippen molar-refractivity contribution in [2.75, 3.05) is 24.5 Å². The molecule has 0 radical (unpaired) electrons. The number of carbonyl (C=O) groups is 3. The lowest BCUT2D eigenvalue weighted by Gasteiger charge is -2.35. The lowest BCUT2D eigenvalue weighted by atomic mass is 9.94. The Morgan fingerprint density at radius 2 is 1.89 bits per heavy atom. The highest BCUT2D eigenvalue weighted by molar-refractivity contribution is 6.29. The molecule has 0 spiro atoms. The van der Waals surface area contributed by atoms with E-state index < -0.39 is 29.2 Å². The maximum absolute atomic E-state index is 14.4. The van der Waals surface area contributed by atoms with Crippen LogP contribution in [0.5, 0.6) is 0 Å². The van der Waals surface area contributed by atoms with E-state index in [9.17, 15) is 23.9 Å². The van der Waals surface area contributed by atoms with Crippen LogP contribution in [0.1, 0.15) is 53.5 Å². The summed E-state index contributed by atoms with van der Waals surface area (Å²) in [4.78, 5) is 43.6. The summed E-state index contributed by atoms with van der Waals surface area (Å²) < 4.78 is 14.4. The third-order valence-electron chi connectivity index (χ3n) is 6.61. The fourth-order valence-corrected chi connectivity index (χ4v) is 4.53. The molecule has 4 rings (SSSR count). The number of carbonyl (C=O) groups excluding carboxylic acids is 3. The van der Waals surface area contributed by atoms with Crippen LogP contribution in [-0.4, -0.2) is 59.0 Å². The Hall–Kier alpha value is -3.04. The number of aliphatic hydroxyl groups excluding tert-OH is 1. The third kappa shape index (κ3) is 5.62. The SMILES string of the molecule is CC(O)C(=O)c1c(F)cccc1N1CCC(CNC(=O)C2(NC(=O)c3cccc(Cl)n3)CC2)CC1. The summed E-state index contributed by atoms with van der Waals surface area (Å²) >= 11 is 5.85. The molecular formula is C25H28ClFN4O4. The Kier molecular flexibility index (Phi) is 7.37. The van der Waals surface area contributed by atoms with E-state index in [1.54, 1.807) is 30.3 Å². The largest absolute Gasteiger partial charge is 0.385 e. The summed E-state index contributed by atoms with van der Waals surface area (Å²) in [6.45, 7) is 2.97. The molecule has 8 nitrogen and oxygen atoms in total. The minimum Gasteiger partial charge on any atom is -0.385 e. The number of halogens is 2. The van der Waals surface area contributed by atoms with E-state index in [4.69, 9.17) is 11.6 Å². The third-order valence-corrected chi connectivity index (χ3v) is 6.82. The van der Waals surface area contributed by atoms with Crippen LogP contribution in [0.3, 0.4) is 0 Å². The van der Waals surface area contributed by atoms with Gasteiger partial charge in [-0.3, -0.25) is 14.4 Å². The van der Waals surface area contributed by atoms with Crippen LogP contribution in [0.4, 0.5) is 10.1 Å². The van der Waals surface area contributed by atoms with Gasteiger partial charge in [-0.05, 0) is 62.8 Å². The van der Waals surface area contributed by atoms with Gasteiger partial charge >= 0.3 is 0 Å². The average molecular weight is 503 g/mol. The Morgan fingerprint density at radius 3 is 2.51 bits per heavy atom. The molecule has 1 aromatic carbocycles. The van der Waals surface area contributed by atoms with Gasteiger partial charge in [-0.25, -0.2) is 9.37 Å². The van der Waals surface area contributed by atoms with Gasteiger partial charge in [-0.2, -0.15) is 0 Å². The second kappa shape index (κ2) is 10.3. The molecular weight excluding hydrogens is 475 g/mol. The molecule has 2 aliphatic rings. The molecule has 186 valence electrons. The molecule has 35 heavy (non-hydrogen) atoms. The first-order chi connectivity index (χ1) is 16.7. The monoisotopic (exact) mass is 502 g/mol. The quantitative estimate of drug-likeness (QED) is 0.378. The number of pyridine rings is 1. The number of nitrogens with one attached hydrogen (secondary N) is 2. The number of ketones is 1. The van der Waals surface area contributed by atoms with Crippen LogP contribution in [0.2, 0.25) is 5.15 Å². The molecule has 2 aromatic rings. The highest BCUT2D eigenvalue weighted by Crippen LogP contribution is 2.36. The topological polar surface area (TPSA) is 112 Å². The maximum atomic E-state index is 14.4. The smallest absolute Gasteiger partial charge is 0.270 e. The number of aliphatic hydroxyl groups is 1. The molecule has 1 unspecified atom stereocenters. The van der Waals surface area contributed by atoms with E-state index in [1.807, 2.05) is 4.90 Å². The van der Waals surface area contributed by atoms with E-state index in [2.05, 4.69) is 15.6 Å². The zero-order valence-electron chi connectivity index (χ0n) is 19.4. The molecule has 1 saturated heterocycles. The van der Waals surface area contributed by atoms with Crippen LogP contribution in [0.15, 0.2) is 36.4 Å². The minimum absolute atomic E-state index is 0.0881. The number of nitrogens with zero attached hydrogens (tertiary/aromatic N) is 2. The fraction of sp³-hybridized carbons (Fsp3) is 0.440. The molecule has 1 aromatic heterocycles. The van der Waals surface area contributed by atoms with Crippen molar-refractivity contribution >= 4 is 34.9 Å². The standard InChI is InChI=1S/C25H28ClFN4O4/c1-15(32)22(33)21-17(27)4-2-6-19(21)31-12-8-16(9-13-31)14-28-24(35)25(10-11-25)30-23(34)18-5-3-7-20(26)29-18/h2-7,15-16,32H,8-14H2,1H3,(H,28,35)(H,30,34). The summed E-state index contributed by atoms with van der Waals surface area (Å²) in [5.74, 6) is -1.73. The normalized spacial score (nSPS) is 18.0. The number of hydrogen-bond acceptors (Lipinski definition) is 6. The van der Waals surface area contributed by atoms with Crippen molar-refractivity contribution in [1.29, 1.82) is 0 Å². The van der Waals surface area contributed by atoms with E-state index in [0.717, 1.165) is 12.8 Å². The van der Waals surface area contributed by atoms with Gasteiger partial charge < -0.3 is 20.6 Å². The van der Waals surface area contributed by atoms with Gasteiger partial charge in [0.15, 0.2) is 5.78 Å². The van der Waals surface area contributed by atoms with Crippen molar-refractivity contribution < 1.29 is 23.9 Å². The summed E-state index contributed by atoms with van der Waals surface area (Å²) in [7, 11) is 0. The van der Waals surface area contributed by atoms with Crippen molar-refractivity contribution in [1.82, 2.24) is 15.6 Å². The van der Waals surface area contributed by atoms with Gasteiger partial charge in [0, 0.05) is 19.6 Å². The summed E-state index contributed by atoms with van der Waals surface area (Å²) in [6, 6.07) is 9.21. The molecule has 10 heteroatoms. The van der Waals surface area contributed by atoms with Crippen molar-refractivity contribution in [3.05, 3.63) is 58.6 Å². The second-order valence-electron chi connectivity index (χ2n) is 9.20. The Bertz CT molecular complexity index is 1130. The molecule has 1 atom stereocenters. The number of benzene rings is 1. The van der Waals surface area contributed by atoms with E-state index >= 15 is 0 Å². The number of amides is 2. The Labute approximate surface area is 207 Å². The first-order valence-corrected chi connectivity index (χ1v) is 12.1. The van der Waals surface area contributed by atoms with Crippen molar-refractivity contribution in [2.45, 2.75) is 44.2 Å². The van der Waals surface area contributed by atoms with E-state index in [1.165, 1.54) is 13.0 Å². The van der Waals surface area contributed by atoms with Gasteiger partial charge in [0.05, 0.1) is 11.3 Å². The number of hydrogen-bond donors (Lipinski definition) is 3. The minimum atomic E-state index is -1.29. The molecule has 2 amide bonds. The zero-order chi connectivity index (χ0) is 25.2. The van der Waals surface area contributed by atoms with Gasteiger partial charge in [0.2, 0.25) is 5.91 Å². The molecule has 2 fully saturated rings. The van der Waals surface area contributed by atoms with E-state index in [0.29, 0.717) is 38.2 Å². The van der Waals surface area contributed by atoms with Crippen LogP contribution in [-0.2, 0) is 4.79 Å². The maximum Gasteiger partial charge on any atom is 0.270 e. The number of piperidine rings is 1. The molecule has 3 N–H and O–H groups in total. The van der Waals surface area contributed by atoms with Crippen LogP contribution >= 0.6 is 11.6 Å². The lowest BCUT2D eigenvalue weighted by Crippen LogP contribution is -2.50. The zero-order valence-corrected chi connectivity index (χ0v) is 20.1. The highest BCUT2D eigenvalue weighted by atomic mass is 35.5. The molecule has 0 bridgehead atoms. The Morgan fingerprint density at radius 1 is 1.20 bits per heavy atom. The van der Waals surface area contributed by atoms with Crippen LogP contribution < -0.4 is 15.5 Å². The first kappa shape index (κ1) is 25.1. The van der Waals surface area contributed by atoms with Crippen molar-refractivity contribution in [3.63, 3.8) is 0 Å². The predicted molar refractivity (Wildman–Crippen MR) is 129 cm³/mol. The Balaban J connectivity index is 1.30. The van der Waals surface area contributed by atoms with Crippen molar-refractivity contribution in [2.24, 2.45) is 5.92 Å². The molecule has 1 aliphatic carbocycles. The number of anilines is 1. The fourth-order valence-electron chi connectivity index (χ4n) is 4.36. The highest BCUT2D eigenvalue weighted by Gasteiger charge is 2.51. The number of Topliss-reactive ketones (excluding diaryl/α,β-unsaturated/α-hetero) is 1. The molecule has 1 aliphatic heterocycles. The van der Waals surface area contributed by atoms with Gasteiger partial charge in [0.1, 0.15) is 28.3 Å². The van der Waals surface area contributed by atoms with Crippen molar-refractivity contribution in [3.8, 4) is 0 Å². The van der Waals surface area contributed by atoms with Crippen LogP contribution in [0.25, 0.3) is 0 Å². The number of rotatable bonds is 8. The summed E-state index contributed by atoms with van der Waals surface area (Å²) in [5.41, 5.74) is -0.364. The lowest BCUT2D eigenvalue weighted by molar-refractivity contribution is -0.124. The predicted octanol–water partition coefficient (Wildman–Crippen LogP) is 2.73. The second-order valence-corrected chi connectivity index (χ2v) is 9.58. The average Bonchev–Trinajstić information content (AvgIpc) is 3.63. The molecule has 2 heterocycles. The first-order valence-electron chi connectivity index (χ1n) is 11.7. The number of aromatic nitrogens is 1.